The number of aryl methyl sites for hydroxylation is 1. The number of aliphatic hydroxyl groups is 1. The molecule has 0 radical (unpaired) electrons. The highest BCUT2D eigenvalue weighted by Crippen LogP contribution is 2.34. The topological polar surface area (TPSA) is 150 Å². The van der Waals surface area contributed by atoms with Gasteiger partial charge in [0.2, 0.25) is 0 Å². The molecule has 1 aliphatic rings. The molecular formula is C21H21N5O4. The number of primary amides is 1. The second-order valence-electron chi connectivity index (χ2n) is 7.18. The Kier molecular flexibility index (Phi) is 4.81. The summed E-state index contributed by atoms with van der Waals surface area (Å²) in [4.78, 5) is 20.9. The molecule has 6 N–H and O–H groups in total. The van der Waals surface area contributed by atoms with Crippen LogP contribution in [0.4, 0.5) is 5.82 Å². The minimum Gasteiger partial charge on any atom is -0.508 e. The Balaban J connectivity index is 1.96. The van der Waals surface area contributed by atoms with Gasteiger partial charge in [-0.05, 0) is 31.4 Å². The molecule has 0 spiro atoms. The number of carbonyl (C=O) groups is 1. The van der Waals surface area contributed by atoms with Gasteiger partial charge in [-0.2, -0.15) is 0 Å². The van der Waals surface area contributed by atoms with E-state index in [1.807, 2.05) is 6.92 Å². The summed E-state index contributed by atoms with van der Waals surface area (Å²) in [5.74, 6) is 5.13. The van der Waals surface area contributed by atoms with Crippen molar-refractivity contribution < 1.29 is 19.7 Å². The maximum absolute atomic E-state index is 12.1. The van der Waals surface area contributed by atoms with Crippen LogP contribution in [0.5, 0.6) is 5.75 Å². The number of phenolic OH excluding ortho intramolecular Hbond substituents is 1. The van der Waals surface area contributed by atoms with Gasteiger partial charge in [-0.15, -0.1) is 0 Å². The highest BCUT2D eigenvalue weighted by molar-refractivity contribution is 6.09. The van der Waals surface area contributed by atoms with Crippen molar-refractivity contribution in [1.82, 2.24) is 14.5 Å². The minimum atomic E-state index is -0.734. The van der Waals surface area contributed by atoms with Crippen LogP contribution in [0, 0.1) is 25.7 Å². The van der Waals surface area contributed by atoms with E-state index in [1.165, 1.54) is 6.20 Å². The van der Waals surface area contributed by atoms with Gasteiger partial charge in [0.1, 0.15) is 34.4 Å². The Bertz CT molecular complexity index is 1240. The SMILES string of the molecule is Cc1ccc(O)c(C)c1-n1c(N)c(C(N)=O)c2ncc(C#CC3OCCC3O)nc21. The van der Waals surface area contributed by atoms with Crippen LogP contribution < -0.4 is 11.5 Å². The molecule has 1 fully saturated rings. The summed E-state index contributed by atoms with van der Waals surface area (Å²) in [5.41, 5.74) is 14.7. The van der Waals surface area contributed by atoms with Crippen molar-refractivity contribution in [1.29, 1.82) is 0 Å². The number of phenols is 1. The zero-order chi connectivity index (χ0) is 21.6. The fourth-order valence-corrected chi connectivity index (χ4v) is 3.62. The molecular weight excluding hydrogens is 386 g/mol. The van der Waals surface area contributed by atoms with Gasteiger partial charge in [0.15, 0.2) is 5.65 Å². The highest BCUT2D eigenvalue weighted by atomic mass is 16.5. The lowest BCUT2D eigenvalue weighted by Crippen LogP contribution is -2.18. The van der Waals surface area contributed by atoms with Gasteiger partial charge in [-0.1, -0.05) is 12.0 Å². The molecule has 2 unspecified atom stereocenters. The molecule has 30 heavy (non-hydrogen) atoms. The highest BCUT2D eigenvalue weighted by Gasteiger charge is 2.26. The summed E-state index contributed by atoms with van der Waals surface area (Å²) in [6, 6.07) is 3.32. The largest absolute Gasteiger partial charge is 0.508 e. The normalized spacial score (nSPS) is 18.4. The molecule has 154 valence electrons. The van der Waals surface area contributed by atoms with Crippen molar-refractivity contribution in [3.63, 3.8) is 0 Å². The van der Waals surface area contributed by atoms with Gasteiger partial charge in [0, 0.05) is 12.0 Å². The number of nitrogens with two attached hydrogens (primary N) is 2. The first-order valence-corrected chi connectivity index (χ1v) is 9.37. The standard InChI is InChI=1S/C21H21N5O4/c1-10-3-5-13(27)11(2)18(10)26-19(22)16(20(23)29)17-21(26)25-12(9-24-17)4-6-15-14(28)7-8-30-15/h3,5,9,14-15,27-28H,7-8,22H2,1-2H3,(H2,23,29). The first-order valence-electron chi connectivity index (χ1n) is 9.37. The zero-order valence-corrected chi connectivity index (χ0v) is 16.5. The van der Waals surface area contributed by atoms with Crippen molar-refractivity contribution in [3.8, 4) is 23.3 Å². The molecule has 1 amide bonds. The van der Waals surface area contributed by atoms with Gasteiger partial charge < -0.3 is 26.4 Å². The van der Waals surface area contributed by atoms with Crippen molar-refractivity contribution >= 4 is 22.9 Å². The van der Waals surface area contributed by atoms with E-state index in [0.717, 1.165) is 5.56 Å². The molecule has 0 saturated carbocycles. The molecule has 1 aliphatic heterocycles. The van der Waals surface area contributed by atoms with E-state index < -0.39 is 18.1 Å². The number of aromatic nitrogens is 3. The molecule has 1 saturated heterocycles. The summed E-state index contributed by atoms with van der Waals surface area (Å²) >= 11 is 0. The zero-order valence-electron chi connectivity index (χ0n) is 16.5. The number of benzene rings is 1. The number of hydrogen-bond acceptors (Lipinski definition) is 7. The van der Waals surface area contributed by atoms with Gasteiger partial charge in [-0.3, -0.25) is 9.36 Å². The molecule has 4 rings (SSSR count). The quantitative estimate of drug-likeness (QED) is 0.462. The fourth-order valence-electron chi connectivity index (χ4n) is 3.62. The molecule has 3 aromatic rings. The number of anilines is 1. The maximum atomic E-state index is 12.1. The number of amides is 1. The number of aromatic hydroxyl groups is 1. The molecule has 0 aliphatic carbocycles. The third-order valence-corrected chi connectivity index (χ3v) is 5.18. The molecule has 0 bridgehead atoms. The summed E-state index contributed by atoms with van der Waals surface area (Å²) < 4.78 is 6.94. The summed E-state index contributed by atoms with van der Waals surface area (Å²) in [5, 5.41) is 20.1. The lowest BCUT2D eigenvalue weighted by molar-refractivity contribution is 0.0811. The number of hydrogen-bond donors (Lipinski definition) is 4. The van der Waals surface area contributed by atoms with Crippen LogP contribution in [0.1, 0.15) is 33.6 Å². The van der Waals surface area contributed by atoms with E-state index in [2.05, 4.69) is 21.8 Å². The van der Waals surface area contributed by atoms with Crippen LogP contribution in [-0.2, 0) is 4.74 Å². The van der Waals surface area contributed by atoms with Crippen molar-refractivity contribution in [2.75, 3.05) is 12.3 Å². The van der Waals surface area contributed by atoms with Gasteiger partial charge in [0.05, 0.1) is 24.6 Å². The summed E-state index contributed by atoms with van der Waals surface area (Å²) in [6.07, 6.45) is 0.708. The van der Waals surface area contributed by atoms with E-state index in [9.17, 15) is 15.0 Å². The first-order chi connectivity index (χ1) is 14.3. The van der Waals surface area contributed by atoms with Crippen LogP contribution in [0.2, 0.25) is 0 Å². The Morgan fingerprint density at radius 3 is 2.80 bits per heavy atom. The maximum Gasteiger partial charge on any atom is 0.254 e. The summed E-state index contributed by atoms with van der Waals surface area (Å²) in [6.45, 7) is 4.04. The first kappa shape index (κ1) is 19.7. The number of nitrogens with zero attached hydrogens (tertiary/aromatic N) is 3. The molecule has 2 aromatic heterocycles. The second-order valence-corrected chi connectivity index (χ2v) is 7.18. The molecule has 3 heterocycles. The third-order valence-electron chi connectivity index (χ3n) is 5.18. The fraction of sp³-hybridized carbons (Fsp3) is 0.286. The van der Waals surface area contributed by atoms with Crippen LogP contribution in [0.15, 0.2) is 18.3 Å². The average Bonchev–Trinajstić information content (AvgIpc) is 3.24. The van der Waals surface area contributed by atoms with Crippen LogP contribution in [-0.4, -0.2) is 49.5 Å². The Hall–Kier alpha value is -3.61. The molecule has 1 aromatic carbocycles. The molecule has 9 nitrogen and oxygen atoms in total. The van der Waals surface area contributed by atoms with E-state index in [1.54, 1.807) is 23.6 Å². The monoisotopic (exact) mass is 407 g/mol. The van der Waals surface area contributed by atoms with E-state index in [-0.39, 0.29) is 28.3 Å². The number of nitrogen functional groups attached to an aromatic ring is 1. The Labute approximate surface area is 172 Å². The van der Waals surface area contributed by atoms with Crippen molar-refractivity contribution in [2.45, 2.75) is 32.5 Å². The molecule has 2 atom stereocenters. The Morgan fingerprint density at radius 2 is 2.13 bits per heavy atom. The van der Waals surface area contributed by atoms with Gasteiger partial charge in [-0.25, -0.2) is 9.97 Å². The number of ether oxygens (including phenoxy) is 1. The predicted octanol–water partition coefficient (Wildman–Crippen LogP) is 0.925. The summed E-state index contributed by atoms with van der Waals surface area (Å²) in [7, 11) is 0. The lowest BCUT2D eigenvalue weighted by Gasteiger charge is -2.15. The third kappa shape index (κ3) is 3.12. The van der Waals surface area contributed by atoms with Crippen LogP contribution in [0.25, 0.3) is 16.9 Å². The van der Waals surface area contributed by atoms with E-state index in [0.29, 0.717) is 30.0 Å². The number of carbonyl (C=O) groups excluding carboxylic acids is 1. The van der Waals surface area contributed by atoms with Gasteiger partial charge >= 0.3 is 0 Å². The number of rotatable bonds is 2. The smallest absolute Gasteiger partial charge is 0.254 e. The van der Waals surface area contributed by atoms with Crippen molar-refractivity contribution in [2.24, 2.45) is 5.73 Å². The van der Waals surface area contributed by atoms with Crippen LogP contribution >= 0.6 is 0 Å². The lowest BCUT2D eigenvalue weighted by atomic mass is 10.1. The second kappa shape index (κ2) is 7.33. The average molecular weight is 407 g/mol. The van der Waals surface area contributed by atoms with E-state index >= 15 is 0 Å². The van der Waals surface area contributed by atoms with E-state index in [4.69, 9.17) is 16.2 Å². The predicted molar refractivity (Wildman–Crippen MR) is 110 cm³/mol. The minimum absolute atomic E-state index is 0.0497. The molecule has 9 heteroatoms. The van der Waals surface area contributed by atoms with Gasteiger partial charge in [0.25, 0.3) is 5.91 Å². The number of aliphatic hydroxyl groups excluding tert-OH is 1. The number of fused-ring (bicyclic) bond motifs is 1. The van der Waals surface area contributed by atoms with Crippen LogP contribution in [0.3, 0.4) is 0 Å². The Morgan fingerprint density at radius 1 is 1.37 bits per heavy atom. The van der Waals surface area contributed by atoms with Crippen molar-refractivity contribution in [3.05, 3.63) is 40.7 Å².